The molecule has 100 valence electrons. The Labute approximate surface area is 104 Å². The van der Waals surface area contributed by atoms with Gasteiger partial charge in [0.25, 0.3) is 0 Å². The first kappa shape index (κ1) is 13.0. The van der Waals surface area contributed by atoms with Crippen LogP contribution in [0.2, 0.25) is 0 Å². The van der Waals surface area contributed by atoms with Gasteiger partial charge in [-0.2, -0.15) is 0 Å². The second-order valence-electron chi connectivity index (χ2n) is 5.41. The molecule has 1 saturated carbocycles. The van der Waals surface area contributed by atoms with E-state index in [0.717, 1.165) is 0 Å². The zero-order valence-corrected chi connectivity index (χ0v) is 10.3. The molecule has 0 bridgehead atoms. The molecule has 2 aliphatic rings. The minimum Gasteiger partial charge on any atom is -0.465 e. The number of alkyl halides is 1. The van der Waals surface area contributed by atoms with E-state index in [2.05, 4.69) is 10.0 Å². The van der Waals surface area contributed by atoms with Gasteiger partial charge in [-0.15, -0.1) is 0 Å². The number of halogens is 1. The summed E-state index contributed by atoms with van der Waals surface area (Å²) in [5, 5.41) is 12.6. The summed E-state index contributed by atoms with van der Waals surface area (Å²) >= 11 is 0. The van der Waals surface area contributed by atoms with Crippen LogP contribution in [0.5, 0.6) is 0 Å². The first-order valence-electron chi connectivity index (χ1n) is 6.16. The van der Waals surface area contributed by atoms with E-state index in [9.17, 15) is 9.18 Å². The van der Waals surface area contributed by atoms with Crippen molar-refractivity contribution in [2.24, 2.45) is 16.4 Å². The van der Waals surface area contributed by atoms with Crippen LogP contribution < -0.4 is 0 Å². The predicted octanol–water partition coefficient (Wildman–Crippen LogP) is 2.80. The Morgan fingerprint density at radius 3 is 2.67 bits per heavy atom. The molecule has 7 heteroatoms. The molecule has 2 fully saturated rings. The molecule has 1 amide bonds. The Kier molecular flexibility index (Phi) is 3.34. The number of piperidine rings is 1. The van der Waals surface area contributed by atoms with Gasteiger partial charge < -0.3 is 10.0 Å². The van der Waals surface area contributed by atoms with Crippen molar-refractivity contribution in [2.45, 2.75) is 38.4 Å². The van der Waals surface area contributed by atoms with Gasteiger partial charge in [-0.3, -0.25) is 0 Å². The van der Waals surface area contributed by atoms with Gasteiger partial charge in [-0.1, -0.05) is 12.0 Å². The first-order valence-corrected chi connectivity index (χ1v) is 6.16. The van der Waals surface area contributed by atoms with Crippen molar-refractivity contribution < 1.29 is 14.3 Å². The van der Waals surface area contributed by atoms with Gasteiger partial charge in [0.15, 0.2) is 0 Å². The summed E-state index contributed by atoms with van der Waals surface area (Å²) in [5.74, 6) is -0.128. The smallest absolute Gasteiger partial charge is 0.407 e. The summed E-state index contributed by atoms with van der Waals surface area (Å²) < 4.78 is 14.1. The van der Waals surface area contributed by atoms with E-state index in [1.165, 1.54) is 4.90 Å². The number of carboxylic acid groups (broad SMARTS) is 1. The van der Waals surface area contributed by atoms with Crippen LogP contribution >= 0.6 is 0 Å². The predicted molar refractivity (Wildman–Crippen MR) is 62.9 cm³/mol. The fraction of sp³-hybridized carbons (Fsp3) is 0.909. The minimum atomic E-state index is -1.11. The highest BCUT2D eigenvalue weighted by atomic mass is 19.1. The van der Waals surface area contributed by atoms with Gasteiger partial charge in [0.1, 0.15) is 6.17 Å². The highest BCUT2D eigenvalue weighted by molar-refractivity contribution is 5.65. The largest absolute Gasteiger partial charge is 0.465 e. The number of rotatable bonds is 1. The quantitative estimate of drug-likeness (QED) is 0.444. The second-order valence-corrected chi connectivity index (χ2v) is 5.41. The summed E-state index contributed by atoms with van der Waals surface area (Å²) in [6.45, 7) is 2.61. The summed E-state index contributed by atoms with van der Waals surface area (Å²) in [5.41, 5.74) is 8.22. The average molecular weight is 256 g/mol. The van der Waals surface area contributed by atoms with Gasteiger partial charge in [-0.05, 0) is 36.1 Å². The maximum atomic E-state index is 14.1. The van der Waals surface area contributed by atoms with Crippen LogP contribution in [0.1, 0.15) is 26.2 Å². The summed E-state index contributed by atoms with van der Waals surface area (Å²) in [7, 11) is 0. The average Bonchev–Trinajstić information content (AvgIpc) is 2.55. The third kappa shape index (κ3) is 1.99. The molecular weight excluding hydrogens is 239 g/mol. The van der Waals surface area contributed by atoms with Crippen LogP contribution in [0.4, 0.5) is 9.18 Å². The molecule has 0 aromatic rings. The lowest BCUT2D eigenvalue weighted by Crippen LogP contribution is -2.46. The minimum absolute atomic E-state index is 0.128. The number of likely N-dealkylation sites (tertiary alicyclic amines) is 1. The van der Waals surface area contributed by atoms with Crippen LogP contribution in [-0.2, 0) is 0 Å². The van der Waals surface area contributed by atoms with E-state index in [-0.39, 0.29) is 11.3 Å². The molecule has 2 rings (SSSR count). The normalized spacial score (nSPS) is 34.3. The molecule has 0 aromatic carbocycles. The number of azide groups is 1. The fourth-order valence-electron chi connectivity index (χ4n) is 3.41. The number of amides is 1. The van der Waals surface area contributed by atoms with Crippen LogP contribution in [0, 0.1) is 11.3 Å². The first-order chi connectivity index (χ1) is 8.50. The lowest BCUT2D eigenvalue weighted by molar-refractivity contribution is 0.0771. The van der Waals surface area contributed by atoms with E-state index in [0.29, 0.717) is 32.4 Å². The van der Waals surface area contributed by atoms with Crippen molar-refractivity contribution in [3.05, 3.63) is 10.4 Å². The topological polar surface area (TPSA) is 89.3 Å². The molecule has 3 unspecified atom stereocenters. The molecule has 1 saturated heterocycles. The number of hydrogen-bond donors (Lipinski definition) is 1. The molecule has 6 nitrogen and oxygen atoms in total. The zero-order valence-electron chi connectivity index (χ0n) is 10.3. The Bertz CT molecular complexity index is 389. The van der Waals surface area contributed by atoms with Crippen LogP contribution in [0.25, 0.3) is 10.4 Å². The fourth-order valence-corrected chi connectivity index (χ4v) is 3.41. The molecule has 1 N–H and O–H groups in total. The maximum absolute atomic E-state index is 14.1. The summed E-state index contributed by atoms with van der Waals surface area (Å²) in [6, 6.07) is -0.645. The van der Waals surface area contributed by atoms with Crippen molar-refractivity contribution in [1.29, 1.82) is 0 Å². The molecule has 18 heavy (non-hydrogen) atoms. The monoisotopic (exact) mass is 256 g/mol. The molecule has 1 aliphatic heterocycles. The van der Waals surface area contributed by atoms with Crippen molar-refractivity contribution in [2.75, 3.05) is 13.1 Å². The summed E-state index contributed by atoms with van der Waals surface area (Å²) in [6.07, 6.45) is -0.224. The third-order valence-electron chi connectivity index (χ3n) is 4.41. The molecule has 1 heterocycles. The zero-order chi connectivity index (χ0) is 13.3. The Balaban J connectivity index is 2.16. The van der Waals surface area contributed by atoms with Crippen molar-refractivity contribution in [3.8, 4) is 0 Å². The maximum Gasteiger partial charge on any atom is 0.407 e. The third-order valence-corrected chi connectivity index (χ3v) is 4.41. The SMILES string of the molecule is CC1CC2(CCN(C(=O)O)CC2)C(N=[N+]=[N-])C1F. The molecular formula is C11H17FN4O2. The molecule has 1 spiro atoms. The van der Waals surface area contributed by atoms with Crippen LogP contribution in [0.15, 0.2) is 5.11 Å². The highest BCUT2D eigenvalue weighted by Gasteiger charge is 2.53. The van der Waals surface area contributed by atoms with E-state index >= 15 is 0 Å². The molecule has 1 aliphatic carbocycles. The van der Waals surface area contributed by atoms with Crippen molar-refractivity contribution >= 4 is 6.09 Å². The van der Waals surface area contributed by atoms with Gasteiger partial charge in [-0.25, -0.2) is 9.18 Å². The van der Waals surface area contributed by atoms with Crippen molar-refractivity contribution in [1.82, 2.24) is 4.90 Å². The van der Waals surface area contributed by atoms with E-state index in [4.69, 9.17) is 10.6 Å². The number of carbonyl (C=O) groups is 1. The van der Waals surface area contributed by atoms with Crippen LogP contribution in [0.3, 0.4) is 0 Å². The standard InChI is InChI=1S/C11H17FN4O2/c1-7-6-11(9(8(7)12)14-15-13)2-4-16(5-3-11)10(17)18/h7-9H,2-6H2,1H3,(H,17,18). The van der Waals surface area contributed by atoms with E-state index in [1.54, 1.807) is 0 Å². The lowest BCUT2D eigenvalue weighted by atomic mass is 9.74. The Morgan fingerprint density at radius 1 is 1.56 bits per heavy atom. The van der Waals surface area contributed by atoms with E-state index in [1.807, 2.05) is 6.92 Å². The highest BCUT2D eigenvalue weighted by Crippen LogP contribution is 2.51. The molecule has 0 aromatic heterocycles. The molecule has 3 atom stereocenters. The van der Waals surface area contributed by atoms with Crippen LogP contribution in [-0.4, -0.2) is 41.4 Å². The summed E-state index contributed by atoms with van der Waals surface area (Å²) in [4.78, 5) is 15.0. The Morgan fingerprint density at radius 2 is 2.17 bits per heavy atom. The number of hydrogen-bond acceptors (Lipinski definition) is 2. The van der Waals surface area contributed by atoms with Gasteiger partial charge in [0.2, 0.25) is 0 Å². The molecule has 0 radical (unpaired) electrons. The van der Waals surface area contributed by atoms with E-state index < -0.39 is 18.3 Å². The van der Waals surface area contributed by atoms with Crippen molar-refractivity contribution in [3.63, 3.8) is 0 Å². The second kappa shape index (κ2) is 4.65. The van der Waals surface area contributed by atoms with Gasteiger partial charge in [0, 0.05) is 18.0 Å². The van der Waals surface area contributed by atoms with Gasteiger partial charge in [0.05, 0.1) is 6.04 Å². The lowest BCUT2D eigenvalue weighted by Gasteiger charge is -2.41. The van der Waals surface area contributed by atoms with Gasteiger partial charge >= 0.3 is 6.09 Å². The Hall–Kier alpha value is -1.49. The number of nitrogens with zero attached hydrogens (tertiary/aromatic N) is 4.